The fraction of sp³-hybridized carbons (Fsp3) is 0.471. The number of pyridine rings is 1. The minimum absolute atomic E-state index is 0.0142. The number of carbonyl (C=O) groups excluding carboxylic acids is 2. The molecule has 2 aliphatic heterocycles. The zero-order valence-electron chi connectivity index (χ0n) is 15.0. The molecule has 2 N–H and O–H groups in total. The number of carbonyl (C=O) groups is 4. The Kier molecular flexibility index (Phi) is 6.77. The summed E-state index contributed by atoms with van der Waals surface area (Å²) in [6.45, 7) is 0.567. The van der Waals surface area contributed by atoms with E-state index in [0.717, 1.165) is 5.69 Å². The van der Waals surface area contributed by atoms with Gasteiger partial charge in [-0.15, -0.1) is 0 Å². The van der Waals surface area contributed by atoms with Gasteiger partial charge in [-0.25, -0.2) is 4.79 Å². The molecule has 158 valence electrons. The number of aromatic nitrogens is 1. The van der Waals surface area contributed by atoms with Gasteiger partial charge in [0.25, 0.3) is 0 Å². The predicted octanol–water partition coefficient (Wildman–Crippen LogP) is 1.29. The highest BCUT2D eigenvalue weighted by Gasteiger charge is 2.48. The topological polar surface area (TPSA) is 128 Å². The van der Waals surface area contributed by atoms with Gasteiger partial charge in [-0.05, 0) is 18.6 Å². The number of aliphatic carboxylic acids is 2. The highest BCUT2D eigenvalue weighted by molar-refractivity contribution is 5.98. The smallest absolute Gasteiger partial charge is 0.481 e. The lowest BCUT2D eigenvalue weighted by molar-refractivity contribution is -0.192. The first-order chi connectivity index (χ1) is 13.5. The minimum atomic E-state index is -5.08. The number of likely N-dealkylation sites (tertiary alicyclic amines) is 1. The third kappa shape index (κ3) is 5.42. The Balaban J connectivity index is 0.000000370. The fourth-order valence-electron chi connectivity index (χ4n) is 3.35. The summed E-state index contributed by atoms with van der Waals surface area (Å²) in [7, 11) is 0. The van der Waals surface area contributed by atoms with E-state index < -0.39 is 18.1 Å². The molecule has 2 saturated heterocycles. The predicted molar refractivity (Wildman–Crippen MR) is 90.8 cm³/mol. The summed E-state index contributed by atoms with van der Waals surface area (Å²) in [4.78, 5) is 51.4. The molecule has 0 spiro atoms. The normalized spacial score (nSPS) is 20.7. The Morgan fingerprint density at radius 2 is 1.83 bits per heavy atom. The highest BCUT2D eigenvalue weighted by Crippen LogP contribution is 2.36. The summed E-state index contributed by atoms with van der Waals surface area (Å²) in [5.41, 5.74) is 0.750. The Morgan fingerprint density at radius 1 is 1.17 bits per heavy atom. The van der Waals surface area contributed by atoms with E-state index in [9.17, 15) is 27.6 Å². The number of carboxylic acids is 2. The number of hydrogen-bond acceptors (Lipinski definition) is 5. The maximum absolute atomic E-state index is 12.3. The number of hydrogen-bond donors (Lipinski definition) is 2. The summed E-state index contributed by atoms with van der Waals surface area (Å²) < 4.78 is 31.7. The first kappa shape index (κ1) is 22.1. The molecule has 1 aromatic rings. The average molecular weight is 417 g/mol. The van der Waals surface area contributed by atoms with E-state index in [1.165, 1.54) is 0 Å². The summed E-state index contributed by atoms with van der Waals surface area (Å²) >= 11 is 0. The first-order valence-corrected chi connectivity index (χ1v) is 8.56. The van der Waals surface area contributed by atoms with Crippen molar-refractivity contribution in [2.75, 3.05) is 11.4 Å². The van der Waals surface area contributed by atoms with E-state index in [-0.39, 0.29) is 36.7 Å². The molecule has 2 unspecified atom stereocenters. The Labute approximate surface area is 162 Å². The Morgan fingerprint density at radius 3 is 2.34 bits per heavy atom. The average Bonchev–Trinajstić information content (AvgIpc) is 3.17. The number of halogens is 3. The number of anilines is 1. The summed E-state index contributed by atoms with van der Waals surface area (Å²) in [5.74, 6) is -3.94. The van der Waals surface area contributed by atoms with Gasteiger partial charge in [0.05, 0.1) is 30.4 Å². The lowest BCUT2D eigenvalue weighted by Crippen LogP contribution is -2.40. The largest absolute Gasteiger partial charge is 0.490 e. The maximum atomic E-state index is 12.3. The van der Waals surface area contributed by atoms with Crippen LogP contribution in [0.2, 0.25) is 0 Å². The van der Waals surface area contributed by atoms with Gasteiger partial charge in [-0.2, -0.15) is 13.2 Å². The monoisotopic (exact) mass is 417 g/mol. The third-order valence-corrected chi connectivity index (χ3v) is 4.53. The number of alkyl halides is 3. The van der Waals surface area contributed by atoms with Gasteiger partial charge in [-0.1, -0.05) is 0 Å². The van der Waals surface area contributed by atoms with Gasteiger partial charge in [0.2, 0.25) is 11.8 Å². The van der Waals surface area contributed by atoms with E-state index in [4.69, 9.17) is 15.0 Å². The summed E-state index contributed by atoms with van der Waals surface area (Å²) in [5, 5.41) is 15.8. The molecule has 29 heavy (non-hydrogen) atoms. The van der Waals surface area contributed by atoms with Crippen LogP contribution in [0.5, 0.6) is 0 Å². The molecule has 0 saturated carbocycles. The van der Waals surface area contributed by atoms with E-state index in [1.807, 2.05) is 6.07 Å². The standard InChI is InChI=1S/C15H17N3O4.C2HF3O2/c19-13(3-4-15(21)22)17-7-5-11-12(17)8-14(20)18(11)10-2-1-6-16-9-10;3-2(4,5)1(6)7/h1-2,6,9,11-12H,3-5,7-8H2,(H,21,22);(H,6,7). The van der Waals surface area contributed by atoms with Crippen molar-refractivity contribution in [3.63, 3.8) is 0 Å². The molecule has 12 heteroatoms. The molecule has 3 heterocycles. The lowest BCUT2D eigenvalue weighted by atomic mass is 10.1. The van der Waals surface area contributed by atoms with Gasteiger partial charge in [-0.3, -0.25) is 19.4 Å². The fourth-order valence-corrected chi connectivity index (χ4v) is 3.35. The van der Waals surface area contributed by atoms with Crippen molar-refractivity contribution in [1.82, 2.24) is 9.88 Å². The number of amides is 2. The summed E-state index contributed by atoms with van der Waals surface area (Å²) in [6.07, 6.45) is -0.970. The molecular formula is C17H18F3N3O6. The van der Waals surface area contributed by atoms with Crippen molar-refractivity contribution in [2.24, 2.45) is 0 Å². The van der Waals surface area contributed by atoms with E-state index >= 15 is 0 Å². The molecule has 0 bridgehead atoms. The SMILES string of the molecule is O=C(O)C(F)(F)F.O=C(O)CCC(=O)N1CCC2C1CC(=O)N2c1cccnc1. The van der Waals surface area contributed by atoms with E-state index in [2.05, 4.69) is 4.98 Å². The molecule has 0 aromatic carbocycles. The minimum Gasteiger partial charge on any atom is -0.481 e. The summed E-state index contributed by atoms with van der Waals surface area (Å²) in [6, 6.07) is 3.42. The molecule has 2 aliphatic rings. The van der Waals surface area contributed by atoms with Gasteiger partial charge in [0, 0.05) is 25.6 Å². The van der Waals surface area contributed by atoms with Crippen molar-refractivity contribution < 1.29 is 42.6 Å². The zero-order chi connectivity index (χ0) is 21.8. The quantitative estimate of drug-likeness (QED) is 0.755. The van der Waals surface area contributed by atoms with E-state index in [1.54, 1.807) is 28.3 Å². The molecule has 9 nitrogen and oxygen atoms in total. The first-order valence-electron chi connectivity index (χ1n) is 8.56. The number of rotatable bonds is 4. The van der Waals surface area contributed by atoms with Crippen molar-refractivity contribution in [2.45, 2.75) is 43.9 Å². The third-order valence-electron chi connectivity index (χ3n) is 4.53. The lowest BCUT2D eigenvalue weighted by Gasteiger charge is -2.25. The van der Waals surface area contributed by atoms with Crippen molar-refractivity contribution >= 4 is 29.4 Å². The molecule has 3 rings (SSSR count). The maximum Gasteiger partial charge on any atom is 0.490 e. The van der Waals surface area contributed by atoms with Gasteiger partial charge < -0.3 is 20.0 Å². The second-order valence-corrected chi connectivity index (χ2v) is 6.39. The van der Waals surface area contributed by atoms with Crippen molar-refractivity contribution in [1.29, 1.82) is 0 Å². The van der Waals surface area contributed by atoms with Crippen LogP contribution in [0.3, 0.4) is 0 Å². The Hall–Kier alpha value is -3.18. The molecule has 2 atom stereocenters. The number of fused-ring (bicyclic) bond motifs is 1. The van der Waals surface area contributed by atoms with Crippen LogP contribution in [0.25, 0.3) is 0 Å². The molecule has 2 fully saturated rings. The van der Waals surface area contributed by atoms with Gasteiger partial charge in [0.1, 0.15) is 0 Å². The van der Waals surface area contributed by atoms with Crippen LogP contribution in [0.4, 0.5) is 18.9 Å². The second-order valence-electron chi connectivity index (χ2n) is 6.39. The highest BCUT2D eigenvalue weighted by atomic mass is 19.4. The molecule has 0 aliphatic carbocycles. The van der Waals surface area contributed by atoms with E-state index in [0.29, 0.717) is 19.4 Å². The molecule has 1 aromatic heterocycles. The Bertz CT molecular complexity index is 786. The molecule has 0 radical (unpaired) electrons. The van der Waals surface area contributed by atoms with Crippen LogP contribution in [-0.4, -0.2) is 68.7 Å². The number of nitrogens with zero attached hydrogens (tertiary/aromatic N) is 3. The molecule has 2 amide bonds. The van der Waals surface area contributed by atoms with Crippen LogP contribution in [-0.2, 0) is 19.2 Å². The van der Waals surface area contributed by atoms with Crippen LogP contribution < -0.4 is 4.90 Å². The van der Waals surface area contributed by atoms with Crippen LogP contribution in [0.1, 0.15) is 25.7 Å². The van der Waals surface area contributed by atoms with Gasteiger partial charge in [0.15, 0.2) is 0 Å². The van der Waals surface area contributed by atoms with Crippen molar-refractivity contribution in [3.8, 4) is 0 Å². The molecular weight excluding hydrogens is 399 g/mol. The second kappa shape index (κ2) is 8.88. The zero-order valence-corrected chi connectivity index (χ0v) is 15.0. The van der Waals surface area contributed by atoms with Crippen LogP contribution in [0.15, 0.2) is 24.5 Å². The van der Waals surface area contributed by atoms with Crippen molar-refractivity contribution in [3.05, 3.63) is 24.5 Å². The van der Waals surface area contributed by atoms with Crippen LogP contribution in [0, 0.1) is 0 Å². The number of carboxylic acid groups (broad SMARTS) is 2. The van der Waals surface area contributed by atoms with Gasteiger partial charge >= 0.3 is 18.1 Å². The van der Waals surface area contributed by atoms with Crippen LogP contribution >= 0.6 is 0 Å².